The number of hydrogen-bond acceptors (Lipinski definition) is 8. The highest BCUT2D eigenvalue weighted by Crippen LogP contribution is 2.42. The normalized spacial score (nSPS) is 16.8. The number of aryl methyl sites for hydroxylation is 1. The van der Waals surface area contributed by atoms with Crippen LogP contribution in [-0.4, -0.2) is 66.4 Å². The number of azo groups is 1. The largest absolute Gasteiger partial charge is 0.504 e. The molecule has 1 amide bonds. The number of nitrogens with zero attached hydrogens (tertiary/aromatic N) is 4. The highest BCUT2D eigenvalue weighted by molar-refractivity contribution is 5.95. The summed E-state index contributed by atoms with van der Waals surface area (Å²) in [6, 6.07) is 11.4. The molecule has 3 heterocycles. The average molecular weight is 519 g/mol. The molecule has 2 aliphatic heterocycles. The van der Waals surface area contributed by atoms with E-state index in [-0.39, 0.29) is 11.8 Å². The maximum atomic E-state index is 12.3. The number of methoxy groups -OCH3 is 1. The number of benzene rings is 2. The second-order valence-corrected chi connectivity index (χ2v) is 10.6. The highest BCUT2D eigenvalue weighted by atomic mass is 16.6. The van der Waals surface area contributed by atoms with Gasteiger partial charge in [0.25, 0.3) is 0 Å². The smallest absolute Gasteiger partial charge is 0.410 e. The summed E-state index contributed by atoms with van der Waals surface area (Å²) in [5.41, 5.74) is 3.39. The first-order valence-corrected chi connectivity index (χ1v) is 13.0. The number of carbonyl (C=O) groups excluding carboxylic acids is 1. The van der Waals surface area contributed by atoms with Crippen molar-refractivity contribution < 1.29 is 23.8 Å². The number of furan rings is 1. The van der Waals surface area contributed by atoms with Crippen LogP contribution in [0.3, 0.4) is 0 Å². The lowest BCUT2D eigenvalue weighted by molar-refractivity contribution is 0.0144. The summed E-state index contributed by atoms with van der Waals surface area (Å²) in [6.45, 7) is 9.43. The Labute approximate surface area is 222 Å². The van der Waals surface area contributed by atoms with Crippen LogP contribution in [0, 0.1) is 0 Å². The van der Waals surface area contributed by atoms with Crippen molar-refractivity contribution in [3.05, 3.63) is 53.3 Å². The number of carbonyl (C=O) groups is 1. The van der Waals surface area contributed by atoms with E-state index in [0.29, 0.717) is 35.5 Å². The molecular weight excluding hydrogens is 484 g/mol. The molecule has 1 saturated heterocycles. The zero-order chi connectivity index (χ0) is 26.9. The van der Waals surface area contributed by atoms with E-state index in [4.69, 9.17) is 13.9 Å². The minimum Gasteiger partial charge on any atom is -0.504 e. The molecule has 0 radical (unpaired) electrons. The Morgan fingerprint density at radius 3 is 2.61 bits per heavy atom. The third kappa shape index (κ3) is 5.38. The Morgan fingerprint density at radius 2 is 1.87 bits per heavy atom. The maximum Gasteiger partial charge on any atom is 0.410 e. The molecule has 1 aromatic heterocycles. The van der Waals surface area contributed by atoms with Crippen LogP contribution >= 0.6 is 0 Å². The molecule has 0 aliphatic carbocycles. The first-order chi connectivity index (χ1) is 18.2. The lowest BCUT2D eigenvalue weighted by Crippen LogP contribution is -2.50. The summed E-state index contributed by atoms with van der Waals surface area (Å²) in [7, 11) is 1.64. The first kappa shape index (κ1) is 25.8. The van der Waals surface area contributed by atoms with Crippen molar-refractivity contribution >= 4 is 34.5 Å². The van der Waals surface area contributed by atoms with Gasteiger partial charge in [-0.2, -0.15) is 0 Å². The SMILES string of the molecule is COc1ccc2c(O)c(C=C3N=Nc4ccccc43)oc2c1CCCN1CCN(C(=O)OC(C)(C)C)CC1. The highest BCUT2D eigenvalue weighted by Gasteiger charge is 2.26. The predicted octanol–water partition coefficient (Wildman–Crippen LogP) is 6.23. The molecule has 1 fully saturated rings. The Hall–Kier alpha value is -3.85. The predicted molar refractivity (Wildman–Crippen MR) is 146 cm³/mol. The van der Waals surface area contributed by atoms with Crippen LogP contribution in [0.4, 0.5) is 10.5 Å². The van der Waals surface area contributed by atoms with E-state index in [1.165, 1.54) is 0 Å². The van der Waals surface area contributed by atoms with Gasteiger partial charge in [0.15, 0.2) is 11.5 Å². The summed E-state index contributed by atoms with van der Waals surface area (Å²) in [5.74, 6) is 1.15. The van der Waals surface area contributed by atoms with Crippen LogP contribution < -0.4 is 4.74 Å². The maximum absolute atomic E-state index is 12.3. The van der Waals surface area contributed by atoms with Gasteiger partial charge in [-0.1, -0.05) is 18.2 Å². The summed E-state index contributed by atoms with van der Waals surface area (Å²) >= 11 is 0. The van der Waals surface area contributed by atoms with E-state index < -0.39 is 5.60 Å². The fourth-order valence-electron chi connectivity index (χ4n) is 4.86. The molecule has 38 heavy (non-hydrogen) atoms. The van der Waals surface area contributed by atoms with Gasteiger partial charge in [-0.05, 0) is 58.4 Å². The van der Waals surface area contributed by atoms with Crippen LogP contribution in [0.2, 0.25) is 0 Å². The fraction of sp³-hybridized carbons (Fsp3) is 0.414. The number of rotatable bonds is 6. The van der Waals surface area contributed by atoms with Gasteiger partial charge in [-0.15, -0.1) is 10.2 Å². The topological polar surface area (TPSA) is 100 Å². The fourth-order valence-corrected chi connectivity index (χ4v) is 4.86. The van der Waals surface area contributed by atoms with Gasteiger partial charge in [0.2, 0.25) is 0 Å². The van der Waals surface area contributed by atoms with Gasteiger partial charge in [-0.25, -0.2) is 4.79 Å². The second-order valence-electron chi connectivity index (χ2n) is 10.6. The molecule has 2 aromatic carbocycles. The zero-order valence-corrected chi connectivity index (χ0v) is 22.4. The number of fused-ring (bicyclic) bond motifs is 2. The average Bonchev–Trinajstić information content (AvgIpc) is 3.44. The molecule has 0 bridgehead atoms. The van der Waals surface area contributed by atoms with E-state index in [9.17, 15) is 9.90 Å². The van der Waals surface area contributed by atoms with E-state index in [1.807, 2.05) is 57.2 Å². The van der Waals surface area contributed by atoms with Gasteiger partial charge in [-0.3, -0.25) is 4.90 Å². The molecule has 3 aromatic rings. The molecule has 9 heteroatoms. The zero-order valence-electron chi connectivity index (χ0n) is 22.4. The van der Waals surface area contributed by atoms with E-state index in [2.05, 4.69) is 15.1 Å². The number of aromatic hydroxyl groups is 1. The van der Waals surface area contributed by atoms with E-state index in [0.717, 1.165) is 55.0 Å². The molecule has 2 aliphatic rings. The summed E-state index contributed by atoms with van der Waals surface area (Å²) in [5, 5.41) is 20.0. The molecule has 0 atom stereocenters. The van der Waals surface area contributed by atoms with Gasteiger partial charge >= 0.3 is 6.09 Å². The molecule has 1 N–H and O–H groups in total. The van der Waals surface area contributed by atoms with Crippen molar-refractivity contribution in [3.8, 4) is 11.5 Å². The molecule has 0 unspecified atom stereocenters. The number of hydrogen-bond donors (Lipinski definition) is 1. The Morgan fingerprint density at radius 1 is 1.11 bits per heavy atom. The Balaban J connectivity index is 1.27. The minimum absolute atomic E-state index is 0.0780. The quantitative estimate of drug-likeness (QED) is 0.415. The number of amides is 1. The van der Waals surface area contributed by atoms with Crippen molar-refractivity contribution in [2.24, 2.45) is 10.2 Å². The van der Waals surface area contributed by atoms with Crippen LogP contribution in [0.1, 0.15) is 44.1 Å². The number of ether oxygens (including phenoxy) is 2. The molecule has 0 saturated carbocycles. The molecular formula is C29H34N4O5. The standard InChI is InChI=1S/C29H34N4O5/c1-29(2,3)38-28(35)33-16-14-32(15-17-33)13-7-9-20-24(36-4)12-11-21-26(34)25(37-27(20)21)18-23-19-8-5-6-10-22(19)30-31-23/h5-6,8,10-12,18,34H,7,9,13-17H2,1-4H3. The summed E-state index contributed by atoms with van der Waals surface area (Å²) in [6.07, 6.45) is 3.07. The van der Waals surface area contributed by atoms with Crippen molar-refractivity contribution in [2.75, 3.05) is 39.8 Å². The Kier molecular flexibility index (Phi) is 7.12. The van der Waals surface area contributed by atoms with Crippen molar-refractivity contribution in [1.29, 1.82) is 0 Å². The van der Waals surface area contributed by atoms with Gasteiger partial charge in [0.1, 0.15) is 16.9 Å². The minimum atomic E-state index is -0.490. The van der Waals surface area contributed by atoms with Gasteiger partial charge in [0.05, 0.1) is 23.9 Å². The lowest BCUT2D eigenvalue weighted by atomic mass is 10.0. The summed E-state index contributed by atoms with van der Waals surface area (Å²) < 4.78 is 17.3. The second kappa shape index (κ2) is 10.5. The van der Waals surface area contributed by atoms with E-state index in [1.54, 1.807) is 18.1 Å². The third-order valence-electron chi connectivity index (χ3n) is 6.78. The molecule has 0 spiro atoms. The van der Waals surface area contributed by atoms with Crippen molar-refractivity contribution in [3.63, 3.8) is 0 Å². The van der Waals surface area contributed by atoms with Crippen LogP contribution in [-0.2, 0) is 11.2 Å². The van der Waals surface area contributed by atoms with Gasteiger partial charge < -0.3 is 23.9 Å². The van der Waals surface area contributed by atoms with Crippen LogP contribution in [0.5, 0.6) is 11.5 Å². The molecule has 200 valence electrons. The third-order valence-corrected chi connectivity index (χ3v) is 6.78. The Bertz CT molecular complexity index is 1390. The molecule has 9 nitrogen and oxygen atoms in total. The summed E-state index contributed by atoms with van der Waals surface area (Å²) in [4.78, 5) is 16.5. The monoisotopic (exact) mass is 518 g/mol. The van der Waals surface area contributed by atoms with Crippen molar-refractivity contribution in [2.45, 2.75) is 39.2 Å². The van der Waals surface area contributed by atoms with Crippen LogP contribution in [0.25, 0.3) is 22.7 Å². The molecule has 5 rings (SSSR count). The van der Waals surface area contributed by atoms with E-state index >= 15 is 0 Å². The lowest BCUT2D eigenvalue weighted by Gasteiger charge is -2.35. The van der Waals surface area contributed by atoms with Crippen molar-refractivity contribution in [1.82, 2.24) is 9.80 Å². The van der Waals surface area contributed by atoms with Gasteiger partial charge in [0, 0.05) is 43.4 Å². The number of piperazine rings is 1. The first-order valence-electron chi connectivity index (χ1n) is 13.0. The van der Waals surface area contributed by atoms with Crippen LogP contribution in [0.15, 0.2) is 51.0 Å².